The lowest BCUT2D eigenvalue weighted by molar-refractivity contribution is 1.35. The second kappa shape index (κ2) is 7.07. The first-order valence-corrected chi connectivity index (χ1v) is 10.6. The number of hydrogen-bond acceptors (Lipinski definition) is 1. The Labute approximate surface area is 181 Å². The van der Waals surface area contributed by atoms with E-state index in [2.05, 4.69) is 110 Å². The van der Waals surface area contributed by atoms with Crippen molar-refractivity contribution in [2.24, 2.45) is 0 Å². The van der Waals surface area contributed by atoms with Crippen molar-refractivity contribution in [2.45, 2.75) is 6.92 Å². The van der Waals surface area contributed by atoms with Gasteiger partial charge in [0.2, 0.25) is 0 Å². The number of aromatic nitrogens is 1. The van der Waals surface area contributed by atoms with E-state index < -0.39 is 0 Å². The fraction of sp³-hybridized carbons (Fsp3) is 0.0333. The zero-order valence-corrected chi connectivity index (χ0v) is 17.3. The Morgan fingerprint density at radius 1 is 0.516 bits per heavy atom. The Balaban J connectivity index is 1.49. The molecular weight excluding hydrogens is 374 g/mol. The Morgan fingerprint density at radius 2 is 1.26 bits per heavy atom. The van der Waals surface area contributed by atoms with Crippen LogP contribution in [0, 0.1) is 6.92 Å². The van der Waals surface area contributed by atoms with Crippen molar-refractivity contribution in [2.75, 3.05) is 0 Å². The van der Waals surface area contributed by atoms with Crippen LogP contribution in [-0.2, 0) is 0 Å². The molecule has 0 aliphatic carbocycles. The smallest absolute Gasteiger partial charge is 0.0780 e. The second-order valence-corrected chi connectivity index (χ2v) is 8.13. The lowest BCUT2D eigenvalue weighted by Gasteiger charge is -2.12. The molecule has 1 aromatic heterocycles. The van der Waals surface area contributed by atoms with Crippen LogP contribution in [-0.4, -0.2) is 4.98 Å². The molecule has 6 rings (SSSR count). The molecule has 0 atom stereocenters. The summed E-state index contributed by atoms with van der Waals surface area (Å²) in [6.45, 7) is 2.19. The van der Waals surface area contributed by atoms with E-state index in [0.717, 1.165) is 11.3 Å². The first-order valence-electron chi connectivity index (χ1n) is 10.6. The molecule has 5 aromatic carbocycles. The van der Waals surface area contributed by atoms with Gasteiger partial charge in [-0.05, 0) is 68.7 Å². The molecule has 1 heteroatoms. The standard InChI is InChI=1S/C30H21N/c1-20-18-25(13-14-26(20)24-11-10-21-6-2-3-8-23(21)19-24)30-29-15-12-22-7-4-5-9-27(22)28(29)16-17-31-30/h2-19H,1H3. The van der Waals surface area contributed by atoms with Crippen LogP contribution in [0.4, 0.5) is 0 Å². The van der Waals surface area contributed by atoms with Crippen LogP contribution in [0.2, 0.25) is 0 Å². The third-order valence-electron chi connectivity index (χ3n) is 6.23. The largest absolute Gasteiger partial charge is 0.256 e. The van der Waals surface area contributed by atoms with Crippen molar-refractivity contribution in [1.29, 1.82) is 0 Å². The van der Waals surface area contributed by atoms with Gasteiger partial charge in [-0.25, -0.2) is 0 Å². The molecular formula is C30H21N. The minimum Gasteiger partial charge on any atom is -0.256 e. The summed E-state index contributed by atoms with van der Waals surface area (Å²) in [6, 6.07) is 37.0. The van der Waals surface area contributed by atoms with Crippen LogP contribution >= 0.6 is 0 Å². The number of fused-ring (bicyclic) bond motifs is 4. The first-order chi connectivity index (χ1) is 15.3. The topological polar surface area (TPSA) is 12.9 Å². The van der Waals surface area contributed by atoms with Gasteiger partial charge in [0.1, 0.15) is 0 Å². The van der Waals surface area contributed by atoms with Crippen LogP contribution in [0.1, 0.15) is 5.56 Å². The Hall–Kier alpha value is -3.97. The summed E-state index contributed by atoms with van der Waals surface area (Å²) >= 11 is 0. The van der Waals surface area contributed by atoms with E-state index >= 15 is 0 Å². The highest BCUT2D eigenvalue weighted by molar-refractivity contribution is 6.11. The summed E-state index contributed by atoms with van der Waals surface area (Å²) in [5.41, 5.74) is 5.96. The highest BCUT2D eigenvalue weighted by Crippen LogP contribution is 2.34. The second-order valence-electron chi connectivity index (χ2n) is 8.13. The molecule has 1 nitrogen and oxygen atoms in total. The molecule has 1 heterocycles. The molecule has 0 aliphatic heterocycles. The number of pyridine rings is 1. The highest BCUT2D eigenvalue weighted by atomic mass is 14.7. The normalized spacial score (nSPS) is 11.4. The van der Waals surface area contributed by atoms with Crippen molar-refractivity contribution in [3.05, 3.63) is 115 Å². The summed E-state index contributed by atoms with van der Waals surface area (Å²) < 4.78 is 0. The van der Waals surface area contributed by atoms with Gasteiger partial charge in [-0.2, -0.15) is 0 Å². The van der Waals surface area contributed by atoms with E-state index in [1.165, 1.54) is 49.0 Å². The number of rotatable bonds is 2. The predicted octanol–water partition coefficient (Wildman–Crippen LogP) is 8.18. The van der Waals surface area contributed by atoms with Crippen molar-refractivity contribution in [3.8, 4) is 22.4 Å². The number of benzene rings is 5. The van der Waals surface area contributed by atoms with E-state index in [1.807, 2.05) is 6.20 Å². The minimum absolute atomic E-state index is 1.04. The molecule has 0 aliphatic rings. The minimum atomic E-state index is 1.04. The quantitative estimate of drug-likeness (QED) is 0.269. The SMILES string of the molecule is Cc1cc(-c2nccc3c2ccc2ccccc23)ccc1-c1ccc2ccccc2c1. The van der Waals surface area contributed by atoms with Crippen molar-refractivity contribution in [3.63, 3.8) is 0 Å². The predicted molar refractivity (Wildman–Crippen MR) is 132 cm³/mol. The first kappa shape index (κ1) is 17.9. The van der Waals surface area contributed by atoms with Crippen LogP contribution in [0.5, 0.6) is 0 Å². The summed E-state index contributed by atoms with van der Waals surface area (Å²) in [5.74, 6) is 0. The molecule has 0 unspecified atom stereocenters. The average Bonchev–Trinajstić information content (AvgIpc) is 2.83. The van der Waals surface area contributed by atoms with Gasteiger partial charge in [0.15, 0.2) is 0 Å². The van der Waals surface area contributed by atoms with Gasteiger partial charge in [-0.3, -0.25) is 4.98 Å². The maximum atomic E-state index is 4.77. The fourth-order valence-electron chi connectivity index (χ4n) is 4.66. The Bertz CT molecular complexity index is 1590. The molecule has 0 bridgehead atoms. The van der Waals surface area contributed by atoms with Crippen molar-refractivity contribution < 1.29 is 0 Å². The van der Waals surface area contributed by atoms with Crippen LogP contribution < -0.4 is 0 Å². The monoisotopic (exact) mass is 395 g/mol. The summed E-state index contributed by atoms with van der Waals surface area (Å²) in [7, 11) is 0. The molecule has 0 radical (unpaired) electrons. The van der Waals surface area contributed by atoms with Crippen LogP contribution in [0.25, 0.3) is 54.7 Å². The van der Waals surface area contributed by atoms with Crippen LogP contribution in [0.15, 0.2) is 109 Å². The molecule has 6 aromatic rings. The lowest BCUT2D eigenvalue weighted by Crippen LogP contribution is -1.90. The van der Waals surface area contributed by atoms with E-state index in [9.17, 15) is 0 Å². The molecule has 0 N–H and O–H groups in total. The van der Waals surface area contributed by atoms with E-state index in [-0.39, 0.29) is 0 Å². The average molecular weight is 396 g/mol. The highest BCUT2D eigenvalue weighted by Gasteiger charge is 2.10. The third-order valence-corrected chi connectivity index (χ3v) is 6.23. The van der Waals surface area contributed by atoms with Gasteiger partial charge in [-0.15, -0.1) is 0 Å². The Kier molecular flexibility index (Phi) is 4.07. The molecule has 0 amide bonds. The van der Waals surface area contributed by atoms with Crippen molar-refractivity contribution in [1.82, 2.24) is 4.98 Å². The summed E-state index contributed by atoms with van der Waals surface area (Å²) in [5, 5.41) is 7.51. The van der Waals surface area contributed by atoms with Gasteiger partial charge in [0.05, 0.1) is 5.69 Å². The number of aryl methyl sites for hydroxylation is 1. The molecule has 0 saturated carbocycles. The van der Waals surface area contributed by atoms with Gasteiger partial charge in [0.25, 0.3) is 0 Å². The van der Waals surface area contributed by atoms with Gasteiger partial charge < -0.3 is 0 Å². The molecule has 0 spiro atoms. The van der Waals surface area contributed by atoms with Gasteiger partial charge in [0, 0.05) is 17.1 Å². The summed E-state index contributed by atoms with van der Waals surface area (Å²) in [4.78, 5) is 4.77. The zero-order valence-electron chi connectivity index (χ0n) is 17.3. The van der Waals surface area contributed by atoms with Crippen LogP contribution in [0.3, 0.4) is 0 Å². The maximum absolute atomic E-state index is 4.77. The number of nitrogens with zero attached hydrogens (tertiary/aromatic N) is 1. The van der Waals surface area contributed by atoms with Gasteiger partial charge >= 0.3 is 0 Å². The van der Waals surface area contributed by atoms with Crippen molar-refractivity contribution >= 4 is 32.3 Å². The third kappa shape index (κ3) is 2.98. The number of hydrogen-bond donors (Lipinski definition) is 0. The van der Waals surface area contributed by atoms with E-state index in [0.29, 0.717) is 0 Å². The van der Waals surface area contributed by atoms with E-state index in [1.54, 1.807) is 0 Å². The lowest BCUT2D eigenvalue weighted by atomic mass is 9.94. The molecule has 0 saturated heterocycles. The molecule has 0 fully saturated rings. The van der Waals surface area contributed by atoms with E-state index in [4.69, 9.17) is 4.98 Å². The fourth-order valence-corrected chi connectivity index (χ4v) is 4.66. The molecule has 146 valence electrons. The zero-order chi connectivity index (χ0) is 20.8. The summed E-state index contributed by atoms with van der Waals surface area (Å²) in [6.07, 6.45) is 1.93. The maximum Gasteiger partial charge on any atom is 0.0780 e. The van der Waals surface area contributed by atoms with Gasteiger partial charge in [-0.1, -0.05) is 84.9 Å². The molecule has 31 heavy (non-hydrogen) atoms. The Morgan fingerprint density at radius 3 is 2.13 bits per heavy atom.